The van der Waals surface area contributed by atoms with Crippen molar-refractivity contribution in [2.75, 3.05) is 39.3 Å². The number of piperazine rings is 1. The third kappa shape index (κ3) is 4.99. The van der Waals surface area contributed by atoms with Crippen molar-refractivity contribution in [1.29, 1.82) is 0 Å². The van der Waals surface area contributed by atoms with Crippen LogP contribution in [0, 0.1) is 0 Å². The lowest BCUT2D eigenvalue weighted by Gasteiger charge is -2.27. The zero-order valence-corrected chi connectivity index (χ0v) is 15.1. The first-order chi connectivity index (χ1) is 11.2. The standard InChI is InChI=1S/C15H19ClN4OS2/c16-13-2-1-12(23-13)15-19-11(10-22-15)9-14(21)18-5-8-20-6-3-17-4-7-20/h1-2,10,17H,3-9H2,(H,18,21). The van der Waals surface area contributed by atoms with Crippen molar-refractivity contribution in [2.24, 2.45) is 0 Å². The van der Waals surface area contributed by atoms with Gasteiger partial charge in [0.15, 0.2) is 0 Å². The lowest BCUT2D eigenvalue weighted by atomic mass is 10.3. The molecular formula is C15H19ClN4OS2. The first kappa shape index (κ1) is 16.9. The minimum Gasteiger partial charge on any atom is -0.354 e. The molecule has 0 aromatic carbocycles. The number of thiophene rings is 1. The Morgan fingerprint density at radius 3 is 2.96 bits per heavy atom. The highest BCUT2D eigenvalue weighted by molar-refractivity contribution is 7.23. The molecule has 0 aliphatic carbocycles. The second-order valence-corrected chi connectivity index (χ2v) is 7.94. The monoisotopic (exact) mass is 370 g/mol. The maximum Gasteiger partial charge on any atom is 0.226 e. The number of nitrogens with one attached hydrogen (secondary N) is 2. The molecule has 0 saturated carbocycles. The predicted octanol–water partition coefficient (Wildman–Crippen LogP) is 2.09. The molecule has 3 rings (SSSR count). The summed E-state index contributed by atoms with van der Waals surface area (Å²) < 4.78 is 0.752. The van der Waals surface area contributed by atoms with Crippen LogP contribution in [0.3, 0.4) is 0 Å². The van der Waals surface area contributed by atoms with Gasteiger partial charge in [-0.2, -0.15) is 0 Å². The van der Waals surface area contributed by atoms with Gasteiger partial charge < -0.3 is 10.6 Å². The van der Waals surface area contributed by atoms with Crippen molar-refractivity contribution in [3.63, 3.8) is 0 Å². The number of amides is 1. The summed E-state index contributed by atoms with van der Waals surface area (Å²) >= 11 is 9.00. The molecule has 124 valence electrons. The van der Waals surface area contributed by atoms with E-state index in [9.17, 15) is 4.79 Å². The number of hydrogen-bond donors (Lipinski definition) is 2. The number of thiazole rings is 1. The Labute approximate surface area is 148 Å². The fourth-order valence-electron chi connectivity index (χ4n) is 2.45. The van der Waals surface area contributed by atoms with Gasteiger partial charge >= 0.3 is 0 Å². The number of carbonyl (C=O) groups is 1. The summed E-state index contributed by atoms with van der Waals surface area (Å²) in [5.74, 6) is 0.0289. The topological polar surface area (TPSA) is 57.3 Å². The van der Waals surface area contributed by atoms with Gasteiger partial charge in [-0.05, 0) is 12.1 Å². The molecule has 1 amide bonds. The van der Waals surface area contributed by atoms with E-state index >= 15 is 0 Å². The van der Waals surface area contributed by atoms with Crippen LogP contribution in [0.15, 0.2) is 17.5 Å². The molecule has 5 nitrogen and oxygen atoms in total. The van der Waals surface area contributed by atoms with Crippen LogP contribution in [0.4, 0.5) is 0 Å². The molecule has 1 saturated heterocycles. The Morgan fingerprint density at radius 1 is 1.39 bits per heavy atom. The molecule has 0 atom stereocenters. The third-order valence-electron chi connectivity index (χ3n) is 3.64. The van der Waals surface area contributed by atoms with E-state index in [1.807, 2.05) is 17.5 Å². The smallest absolute Gasteiger partial charge is 0.226 e. The van der Waals surface area contributed by atoms with Crippen molar-refractivity contribution in [3.8, 4) is 9.88 Å². The SMILES string of the molecule is O=C(Cc1csc(-c2ccc(Cl)s2)n1)NCCN1CCNCC1. The summed E-state index contributed by atoms with van der Waals surface area (Å²) in [6.07, 6.45) is 0.331. The molecule has 2 N–H and O–H groups in total. The number of carbonyl (C=O) groups excluding carboxylic acids is 1. The van der Waals surface area contributed by atoms with Crippen molar-refractivity contribution >= 4 is 40.2 Å². The molecule has 0 radical (unpaired) electrons. The van der Waals surface area contributed by atoms with Gasteiger partial charge in [0.25, 0.3) is 0 Å². The Morgan fingerprint density at radius 2 is 2.22 bits per heavy atom. The van der Waals surface area contributed by atoms with Crippen LogP contribution in [0.2, 0.25) is 4.34 Å². The highest BCUT2D eigenvalue weighted by atomic mass is 35.5. The second kappa shape index (κ2) is 8.21. The van der Waals surface area contributed by atoms with Crippen LogP contribution in [0.5, 0.6) is 0 Å². The number of aromatic nitrogens is 1. The summed E-state index contributed by atoms with van der Waals surface area (Å²) in [7, 11) is 0. The minimum atomic E-state index is 0.0289. The third-order valence-corrected chi connectivity index (χ3v) is 5.93. The molecular weight excluding hydrogens is 352 g/mol. The van der Waals surface area contributed by atoms with Crippen molar-refractivity contribution in [3.05, 3.63) is 27.5 Å². The summed E-state index contributed by atoms with van der Waals surface area (Å²) in [6.45, 7) is 5.76. The second-order valence-electron chi connectivity index (χ2n) is 5.37. The zero-order chi connectivity index (χ0) is 16.1. The van der Waals surface area contributed by atoms with E-state index < -0.39 is 0 Å². The van der Waals surface area contributed by atoms with Crippen molar-refractivity contribution < 1.29 is 4.79 Å². The van der Waals surface area contributed by atoms with Gasteiger partial charge in [0.05, 0.1) is 21.3 Å². The summed E-state index contributed by atoms with van der Waals surface area (Å²) in [5.41, 5.74) is 0.814. The molecule has 8 heteroatoms. The van der Waals surface area contributed by atoms with E-state index in [4.69, 9.17) is 11.6 Å². The maximum absolute atomic E-state index is 12.0. The largest absolute Gasteiger partial charge is 0.354 e. The molecule has 2 aromatic heterocycles. The number of nitrogens with zero attached hydrogens (tertiary/aromatic N) is 2. The van der Waals surface area contributed by atoms with Crippen LogP contribution in [0.25, 0.3) is 9.88 Å². The lowest BCUT2D eigenvalue weighted by Crippen LogP contribution is -2.46. The van der Waals surface area contributed by atoms with Crippen molar-refractivity contribution in [2.45, 2.75) is 6.42 Å². The van der Waals surface area contributed by atoms with Gasteiger partial charge in [0, 0.05) is 44.6 Å². The molecule has 2 aromatic rings. The molecule has 0 bridgehead atoms. The number of hydrogen-bond acceptors (Lipinski definition) is 6. The maximum atomic E-state index is 12.0. The molecule has 1 fully saturated rings. The first-order valence-corrected chi connectivity index (χ1v) is 9.68. The molecule has 23 heavy (non-hydrogen) atoms. The Bertz CT molecular complexity index is 651. The van der Waals surface area contributed by atoms with Crippen LogP contribution < -0.4 is 10.6 Å². The minimum absolute atomic E-state index is 0.0289. The Balaban J connectivity index is 1.43. The molecule has 3 heterocycles. The lowest BCUT2D eigenvalue weighted by molar-refractivity contribution is -0.120. The van der Waals surface area contributed by atoms with Crippen LogP contribution >= 0.6 is 34.3 Å². The molecule has 1 aliphatic rings. The fraction of sp³-hybridized carbons (Fsp3) is 0.467. The first-order valence-electron chi connectivity index (χ1n) is 7.60. The average molecular weight is 371 g/mol. The summed E-state index contributed by atoms with van der Waals surface area (Å²) in [5, 5.41) is 9.16. The van der Waals surface area contributed by atoms with E-state index in [1.165, 1.54) is 11.3 Å². The molecule has 0 spiro atoms. The van der Waals surface area contributed by atoms with E-state index in [1.54, 1.807) is 11.3 Å². The highest BCUT2D eigenvalue weighted by Crippen LogP contribution is 2.32. The van der Waals surface area contributed by atoms with Gasteiger partial charge in [-0.15, -0.1) is 22.7 Å². The van der Waals surface area contributed by atoms with Crippen LogP contribution in [-0.2, 0) is 11.2 Å². The average Bonchev–Trinajstić information content (AvgIpc) is 3.17. The highest BCUT2D eigenvalue weighted by Gasteiger charge is 2.12. The summed E-state index contributed by atoms with van der Waals surface area (Å²) in [6, 6.07) is 3.83. The van der Waals surface area contributed by atoms with E-state index in [2.05, 4.69) is 20.5 Å². The number of halogens is 1. The Hall–Kier alpha value is -0.990. The fourth-order valence-corrected chi connectivity index (χ4v) is 4.38. The zero-order valence-electron chi connectivity index (χ0n) is 12.7. The normalized spacial score (nSPS) is 15.7. The summed E-state index contributed by atoms with van der Waals surface area (Å²) in [4.78, 5) is 19.9. The predicted molar refractivity (Wildman–Crippen MR) is 96.5 cm³/mol. The van der Waals surface area contributed by atoms with E-state index in [0.717, 1.165) is 52.6 Å². The van der Waals surface area contributed by atoms with Crippen LogP contribution in [-0.4, -0.2) is 55.1 Å². The van der Waals surface area contributed by atoms with Gasteiger partial charge in [-0.1, -0.05) is 11.6 Å². The van der Waals surface area contributed by atoms with Gasteiger partial charge in [0.2, 0.25) is 5.91 Å². The molecule has 0 unspecified atom stereocenters. The quantitative estimate of drug-likeness (QED) is 0.817. The number of rotatable bonds is 6. The Kier molecular flexibility index (Phi) is 6.02. The van der Waals surface area contributed by atoms with E-state index in [0.29, 0.717) is 13.0 Å². The van der Waals surface area contributed by atoms with Crippen molar-refractivity contribution in [1.82, 2.24) is 20.5 Å². The van der Waals surface area contributed by atoms with E-state index in [-0.39, 0.29) is 5.91 Å². The van der Waals surface area contributed by atoms with Gasteiger partial charge in [0.1, 0.15) is 5.01 Å². The van der Waals surface area contributed by atoms with Crippen LogP contribution in [0.1, 0.15) is 5.69 Å². The van der Waals surface area contributed by atoms with Gasteiger partial charge in [-0.25, -0.2) is 4.98 Å². The molecule has 1 aliphatic heterocycles. The van der Waals surface area contributed by atoms with Gasteiger partial charge in [-0.3, -0.25) is 9.69 Å².